The highest BCUT2D eigenvalue weighted by Gasteiger charge is 2.13. The zero-order valence-electron chi connectivity index (χ0n) is 11.4. The molecule has 0 fully saturated rings. The van der Waals surface area contributed by atoms with Crippen LogP contribution in [-0.4, -0.2) is 12.2 Å². The van der Waals surface area contributed by atoms with E-state index in [9.17, 15) is 9.50 Å². The van der Waals surface area contributed by atoms with E-state index in [1.165, 1.54) is 12.1 Å². The Morgan fingerprint density at radius 2 is 2.00 bits per heavy atom. The zero-order chi connectivity index (χ0) is 14.7. The second kappa shape index (κ2) is 6.37. The van der Waals surface area contributed by atoms with Gasteiger partial charge in [-0.25, -0.2) is 4.39 Å². The molecule has 0 aliphatic heterocycles. The van der Waals surface area contributed by atoms with Gasteiger partial charge in [-0.1, -0.05) is 22.0 Å². The van der Waals surface area contributed by atoms with Crippen molar-refractivity contribution in [2.75, 3.05) is 7.11 Å². The Morgan fingerprint density at radius 3 is 2.65 bits per heavy atom. The molecule has 20 heavy (non-hydrogen) atoms. The van der Waals surface area contributed by atoms with Crippen LogP contribution >= 0.6 is 15.9 Å². The molecule has 0 radical (unpaired) electrons. The molecule has 1 atom stereocenters. The number of hydrogen-bond acceptors (Lipinski definition) is 2. The Balaban J connectivity index is 2.24. The number of hydrogen-bond donors (Lipinski definition) is 1. The van der Waals surface area contributed by atoms with Gasteiger partial charge in [-0.05, 0) is 53.9 Å². The molecule has 4 heteroatoms. The zero-order valence-corrected chi connectivity index (χ0v) is 12.9. The fourth-order valence-corrected chi connectivity index (χ4v) is 2.53. The topological polar surface area (TPSA) is 29.5 Å². The third-order valence-corrected chi connectivity index (χ3v) is 3.89. The van der Waals surface area contributed by atoms with E-state index in [0.29, 0.717) is 12.0 Å². The van der Waals surface area contributed by atoms with E-state index in [1.807, 2.05) is 18.2 Å². The number of methoxy groups -OCH3 is 1. The van der Waals surface area contributed by atoms with Crippen molar-refractivity contribution in [2.45, 2.75) is 19.4 Å². The normalized spacial score (nSPS) is 12.2. The largest absolute Gasteiger partial charge is 0.497 e. The summed E-state index contributed by atoms with van der Waals surface area (Å²) in [6, 6.07) is 10.2. The molecule has 2 nitrogen and oxygen atoms in total. The number of aryl methyl sites for hydroxylation is 1. The summed E-state index contributed by atoms with van der Waals surface area (Å²) in [5.74, 6) is 0.398. The molecule has 0 heterocycles. The van der Waals surface area contributed by atoms with E-state index < -0.39 is 6.10 Å². The molecule has 0 aliphatic rings. The van der Waals surface area contributed by atoms with Crippen molar-refractivity contribution < 1.29 is 14.2 Å². The SMILES string of the molecule is COc1ccc(Br)c(CC(O)c2cc(C)cc(F)c2)c1. The second-order valence-electron chi connectivity index (χ2n) is 4.74. The van der Waals surface area contributed by atoms with Crippen LogP contribution < -0.4 is 4.74 Å². The van der Waals surface area contributed by atoms with Gasteiger partial charge < -0.3 is 9.84 Å². The average molecular weight is 339 g/mol. The number of aliphatic hydroxyl groups is 1. The molecule has 2 rings (SSSR count). The maximum atomic E-state index is 13.4. The maximum absolute atomic E-state index is 13.4. The number of benzene rings is 2. The molecule has 1 unspecified atom stereocenters. The summed E-state index contributed by atoms with van der Waals surface area (Å²) in [4.78, 5) is 0. The first-order chi connectivity index (χ1) is 9.49. The number of aliphatic hydroxyl groups excluding tert-OH is 1. The van der Waals surface area contributed by atoms with Crippen LogP contribution in [0.1, 0.15) is 22.8 Å². The lowest BCUT2D eigenvalue weighted by atomic mass is 10.00. The van der Waals surface area contributed by atoms with E-state index in [0.717, 1.165) is 21.3 Å². The minimum Gasteiger partial charge on any atom is -0.497 e. The molecule has 0 saturated carbocycles. The molecule has 0 bridgehead atoms. The van der Waals surface area contributed by atoms with Crippen LogP contribution in [0.25, 0.3) is 0 Å². The lowest BCUT2D eigenvalue weighted by Gasteiger charge is -2.14. The summed E-state index contributed by atoms with van der Waals surface area (Å²) in [5.41, 5.74) is 2.29. The van der Waals surface area contributed by atoms with Gasteiger partial charge in [0.2, 0.25) is 0 Å². The van der Waals surface area contributed by atoms with Crippen molar-refractivity contribution in [3.8, 4) is 5.75 Å². The van der Waals surface area contributed by atoms with E-state index in [1.54, 1.807) is 20.1 Å². The number of rotatable bonds is 4. The maximum Gasteiger partial charge on any atom is 0.123 e. The monoisotopic (exact) mass is 338 g/mol. The van der Waals surface area contributed by atoms with Crippen LogP contribution in [0, 0.1) is 12.7 Å². The first-order valence-electron chi connectivity index (χ1n) is 6.27. The van der Waals surface area contributed by atoms with Gasteiger partial charge in [-0.2, -0.15) is 0 Å². The van der Waals surface area contributed by atoms with Crippen molar-refractivity contribution >= 4 is 15.9 Å². The van der Waals surface area contributed by atoms with Gasteiger partial charge >= 0.3 is 0 Å². The lowest BCUT2D eigenvalue weighted by Crippen LogP contribution is -2.04. The molecule has 106 valence electrons. The molecule has 0 saturated heterocycles. The predicted molar refractivity (Wildman–Crippen MR) is 80.5 cm³/mol. The Labute approximate surface area is 126 Å². The van der Waals surface area contributed by atoms with Crippen LogP contribution in [0.3, 0.4) is 0 Å². The Bertz CT molecular complexity index is 593. The van der Waals surface area contributed by atoms with Crippen LogP contribution in [-0.2, 0) is 6.42 Å². The van der Waals surface area contributed by atoms with Crippen LogP contribution in [0.4, 0.5) is 4.39 Å². The smallest absolute Gasteiger partial charge is 0.123 e. The van der Waals surface area contributed by atoms with E-state index in [-0.39, 0.29) is 5.82 Å². The van der Waals surface area contributed by atoms with Crippen LogP contribution in [0.2, 0.25) is 0 Å². The van der Waals surface area contributed by atoms with E-state index >= 15 is 0 Å². The molecule has 0 aromatic heterocycles. The summed E-state index contributed by atoms with van der Waals surface area (Å²) in [6.45, 7) is 1.81. The minimum atomic E-state index is -0.757. The highest BCUT2D eigenvalue weighted by molar-refractivity contribution is 9.10. The minimum absolute atomic E-state index is 0.330. The summed E-state index contributed by atoms with van der Waals surface area (Å²) >= 11 is 3.45. The van der Waals surface area contributed by atoms with Gasteiger partial charge in [0.1, 0.15) is 11.6 Å². The molecule has 0 amide bonds. The Kier molecular flexibility index (Phi) is 4.78. The number of halogens is 2. The fraction of sp³-hybridized carbons (Fsp3) is 0.250. The second-order valence-corrected chi connectivity index (χ2v) is 5.59. The first-order valence-corrected chi connectivity index (χ1v) is 7.06. The molecule has 0 aliphatic carbocycles. The van der Waals surface area contributed by atoms with Crippen molar-refractivity contribution in [1.82, 2.24) is 0 Å². The van der Waals surface area contributed by atoms with Gasteiger partial charge in [0.15, 0.2) is 0 Å². The van der Waals surface area contributed by atoms with Gasteiger partial charge in [0.05, 0.1) is 13.2 Å². The van der Waals surface area contributed by atoms with Gasteiger partial charge in [0, 0.05) is 10.9 Å². The fourth-order valence-electron chi connectivity index (χ4n) is 2.12. The van der Waals surface area contributed by atoms with Crippen molar-refractivity contribution in [2.24, 2.45) is 0 Å². The third-order valence-electron chi connectivity index (χ3n) is 3.12. The predicted octanol–water partition coefficient (Wildman–Crippen LogP) is 4.18. The molecule has 1 N–H and O–H groups in total. The molecule has 2 aromatic rings. The number of ether oxygens (including phenoxy) is 1. The van der Waals surface area contributed by atoms with Crippen molar-refractivity contribution in [3.05, 3.63) is 63.4 Å². The molecule has 2 aromatic carbocycles. The van der Waals surface area contributed by atoms with Gasteiger partial charge in [-0.3, -0.25) is 0 Å². The van der Waals surface area contributed by atoms with Crippen LogP contribution in [0.15, 0.2) is 40.9 Å². The third kappa shape index (κ3) is 3.58. The average Bonchev–Trinajstić information content (AvgIpc) is 2.40. The summed E-state index contributed by atoms with van der Waals surface area (Å²) in [7, 11) is 1.60. The van der Waals surface area contributed by atoms with Gasteiger partial charge in [-0.15, -0.1) is 0 Å². The standard InChI is InChI=1S/C16H16BrFO2/c1-10-5-12(7-13(18)6-10)16(19)9-11-8-14(20-2)3-4-15(11)17/h3-8,16,19H,9H2,1-2H3. The molecular weight excluding hydrogens is 323 g/mol. The Hall–Kier alpha value is -1.39. The highest BCUT2D eigenvalue weighted by Crippen LogP contribution is 2.28. The summed E-state index contributed by atoms with van der Waals surface area (Å²) in [6.07, 6.45) is -0.367. The Morgan fingerprint density at radius 1 is 1.25 bits per heavy atom. The quantitative estimate of drug-likeness (QED) is 0.905. The lowest BCUT2D eigenvalue weighted by molar-refractivity contribution is 0.177. The van der Waals surface area contributed by atoms with Crippen LogP contribution in [0.5, 0.6) is 5.75 Å². The van der Waals surface area contributed by atoms with E-state index in [4.69, 9.17) is 4.74 Å². The van der Waals surface area contributed by atoms with Crippen molar-refractivity contribution in [3.63, 3.8) is 0 Å². The summed E-state index contributed by atoms with van der Waals surface area (Å²) < 4.78 is 19.5. The van der Waals surface area contributed by atoms with Gasteiger partial charge in [0.25, 0.3) is 0 Å². The first kappa shape index (κ1) is 15.0. The van der Waals surface area contributed by atoms with E-state index in [2.05, 4.69) is 15.9 Å². The highest BCUT2D eigenvalue weighted by atomic mass is 79.9. The summed E-state index contributed by atoms with van der Waals surface area (Å²) in [5, 5.41) is 10.3. The molecule has 0 spiro atoms. The van der Waals surface area contributed by atoms with Crippen molar-refractivity contribution in [1.29, 1.82) is 0 Å². The molecular formula is C16H16BrFO2.